The average Bonchev–Trinajstić information content (AvgIpc) is 0.792. The van der Waals surface area contributed by atoms with Crippen molar-refractivity contribution in [1.82, 2.24) is 59.8 Å². The quantitative estimate of drug-likeness (QED) is 0.0310. The smallest absolute Gasteiger partial charge is 0.320 e. The number of hydrogen-bond donors (Lipinski definition) is 8. The third-order valence-corrected chi connectivity index (χ3v) is 21.5. The van der Waals surface area contributed by atoms with Gasteiger partial charge in [0.05, 0.1) is 47.2 Å². The van der Waals surface area contributed by atoms with Gasteiger partial charge in [0.1, 0.15) is 46.0 Å². The standard InChI is InChI=1S/C28H21N3O3.3C26H21N3O3/c1-15(2)34-28-30-26(29-27(31-28)22-13-10-19(32)14-23(22)33)21-12-9-18-7-6-16-4-3-5-17-8-11-20(21)25(18)24(16)17;1-15(2)32-26-28-24(21-12-11-18(30)14-22(21)31)27-25(29-26)23-19-9-5-3-7-16(19)13-17-8-4-6-10-20(17)23;1-15(2)32-26-28-24(21-12-11-17(30)14-23(21)31)27-25(29-26)22-13-16-7-3-4-8-18(16)19-9-5-6-10-20(19)22;1-2-11-32-26-28-24(27-25(29-26)22-10-9-21(30)15-23(22)31)19-8-7-18-12-16-5-3-4-6-17(16)13-20(18)14-19/h3-15,32-33H,1-2H3;2*3-15,30-31H,1-2H3;3-10,12-15,30-31H,2,11H2,1H3. The zero-order chi connectivity index (χ0) is 90.0. The zero-order valence-corrected chi connectivity index (χ0v) is 71.4. The molecule has 4 heterocycles. The first-order valence-electron chi connectivity index (χ1n) is 42.3. The van der Waals surface area contributed by atoms with Gasteiger partial charge in [0, 0.05) is 46.5 Å². The first-order valence-corrected chi connectivity index (χ1v) is 42.3. The highest BCUT2D eigenvalue weighted by Crippen LogP contribution is 2.44. The summed E-state index contributed by atoms with van der Waals surface area (Å²) < 4.78 is 23.2. The van der Waals surface area contributed by atoms with Crippen LogP contribution in [0.1, 0.15) is 54.9 Å². The van der Waals surface area contributed by atoms with E-state index in [1.807, 2.05) is 152 Å². The lowest BCUT2D eigenvalue weighted by atomic mass is 9.92. The molecule has 0 fully saturated rings. The molecular weight excluding hydrogens is 1630 g/mol. The van der Waals surface area contributed by atoms with E-state index in [0.29, 0.717) is 52.2 Å². The number of aromatic hydroxyl groups is 8. The first kappa shape index (κ1) is 83.9. The Morgan fingerprint density at radius 3 is 1.04 bits per heavy atom. The van der Waals surface area contributed by atoms with E-state index in [-0.39, 0.29) is 112 Å². The summed E-state index contributed by atoms with van der Waals surface area (Å²) in [7, 11) is 0. The largest absolute Gasteiger partial charge is 0.508 e. The number of rotatable bonds is 17. The van der Waals surface area contributed by atoms with Gasteiger partial charge >= 0.3 is 24.0 Å². The Morgan fingerprint density at radius 2 is 0.562 bits per heavy atom. The summed E-state index contributed by atoms with van der Waals surface area (Å²) in [6, 6.07) is 92.2. The molecule has 4 aromatic heterocycles. The fourth-order valence-corrected chi connectivity index (χ4v) is 15.8. The second-order valence-corrected chi connectivity index (χ2v) is 31.8. The van der Waals surface area contributed by atoms with Crippen molar-refractivity contribution in [3.05, 3.63) is 291 Å². The van der Waals surface area contributed by atoms with Crippen LogP contribution in [0.4, 0.5) is 0 Å². The van der Waals surface area contributed by atoms with Crippen molar-refractivity contribution in [1.29, 1.82) is 0 Å². The molecule has 0 unspecified atom stereocenters. The molecular formula is C106H84N12O12. The van der Waals surface area contributed by atoms with Crippen LogP contribution in [0.15, 0.2) is 291 Å². The highest BCUT2D eigenvalue weighted by Gasteiger charge is 2.25. The van der Waals surface area contributed by atoms with Crippen molar-refractivity contribution in [3.63, 3.8) is 0 Å². The minimum Gasteiger partial charge on any atom is -0.508 e. The Morgan fingerprint density at radius 1 is 0.231 bits per heavy atom. The molecule has 0 amide bonds. The van der Waals surface area contributed by atoms with E-state index in [1.165, 1.54) is 70.1 Å². The fraction of sp³-hybridized carbons (Fsp3) is 0.113. The van der Waals surface area contributed by atoms with E-state index in [4.69, 9.17) is 28.9 Å². The minimum absolute atomic E-state index is 0.0373. The Balaban J connectivity index is 0.000000117. The SMILES string of the molecule is CC(C)Oc1nc(-c2ccc(O)cc2O)nc(-c2c3ccccc3cc3ccccc23)n1.CC(C)Oc1nc(-c2ccc(O)cc2O)nc(-c2cc3ccccc3c3ccccc23)n1.CC(C)Oc1nc(-c2ccc(O)cc2O)nc(-c2ccc3ccc4cccc5ccc2c3c45)n1.CCCOc1nc(-c2ccc3cc4ccccc4cc3c2)nc(-c2ccc(O)cc2O)n1. The maximum atomic E-state index is 10.4. The molecule has 130 heavy (non-hydrogen) atoms. The Hall–Kier alpha value is -17.0. The number of ether oxygens (including phenoxy) is 4. The van der Waals surface area contributed by atoms with Gasteiger partial charge in [0.15, 0.2) is 46.6 Å². The van der Waals surface area contributed by atoms with Crippen LogP contribution in [0.2, 0.25) is 0 Å². The van der Waals surface area contributed by atoms with Gasteiger partial charge in [-0.25, -0.2) is 19.9 Å². The lowest BCUT2D eigenvalue weighted by Crippen LogP contribution is -2.10. The monoisotopic (exact) mass is 1720 g/mol. The predicted octanol–water partition coefficient (Wildman–Crippen LogP) is 23.4. The van der Waals surface area contributed by atoms with Gasteiger partial charge in [0.2, 0.25) is 0 Å². The highest BCUT2D eigenvalue weighted by molar-refractivity contribution is 6.25. The molecule has 0 spiro atoms. The molecule has 0 saturated heterocycles. The minimum atomic E-state index is -0.143. The number of phenols is 8. The molecule has 17 aromatic carbocycles. The fourth-order valence-electron chi connectivity index (χ4n) is 15.8. The molecule has 21 aromatic rings. The van der Waals surface area contributed by atoms with Crippen LogP contribution in [0, 0.1) is 0 Å². The maximum absolute atomic E-state index is 10.4. The summed E-state index contributed by atoms with van der Waals surface area (Å²) in [4.78, 5) is 54.8. The van der Waals surface area contributed by atoms with E-state index in [1.54, 1.807) is 24.3 Å². The summed E-state index contributed by atoms with van der Waals surface area (Å²) in [5.41, 5.74) is 4.91. The van der Waals surface area contributed by atoms with Crippen molar-refractivity contribution < 1.29 is 59.8 Å². The van der Waals surface area contributed by atoms with Crippen LogP contribution in [0.5, 0.6) is 70.0 Å². The van der Waals surface area contributed by atoms with Crippen molar-refractivity contribution in [2.75, 3.05) is 6.61 Å². The van der Waals surface area contributed by atoms with Gasteiger partial charge in [-0.3, -0.25) is 0 Å². The summed E-state index contributed by atoms with van der Waals surface area (Å²) in [5.74, 6) is 2.21. The molecule has 21 rings (SSSR count). The number of aromatic nitrogens is 12. The van der Waals surface area contributed by atoms with Crippen LogP contribution in [0.25, 0.3) is 188 Å². The molecule has 24 heteroatoms. The molecule has 0 bridgehead atoms. The topological polar surface area (TPSA) is 353 Å². The van der Waals surface area contributed by atoms with Crippen molar-refractivity contribution in [3.8, 4) is 161 Å². The molecule has 640 valence electrons. The first-order chi connectivity index (χ1) is 63.1. The van der Waals surface area contributed by atoms with E-state index in [2.05, 4.69) is 165 Å². The molecule has 0 radical (unpaired) electrons. The number of hydrogen-bond acceptors (Lipinski definition) is 24. The molecule has 0 aliphatic rings. The summed E-state index contributed by atoms with van der Waals surface area (Å²) in [5, 5.41) is 100. The number of phenolic OH excluding ortho intramolecular Hbond substituents is 8. The molecule has 0 aliphatic carbocycles. The van der Waals surface area contributed by atoms with Crippen LogP contribution in [-0.2, 0) is 0 Å². The Bertz CT molecular complexity index is 7830. The molecule has 0 aliphatic heterocycles. The lowest BCUT2D eigenvalue weighted by Gasteiger charge is -2.15. The van der Waals surface area contributed by atoms with E-state index in [9.17, 15) is 40.9 Å². The van der Waals surface area contributed by atoms with Crippen LogP contribution < -0.4 is 18.9 Å². The summed E-state index contributed by atoms with van der Waals surface area (Å²) in [6.45, 7) is 13.9. The number of nitrogens with zero attached hydrogens (tertiary/aromatic N) is 12. The third kappa shape index (κ3) is 17.6. The highest BCUT2D eigenvalue weighted by atomic mass is 16.5. The van der Waals surface area contributed by atoms with Gasteiger partial charge in [-0.15, -0.1) is 0 Å². The molecule has 24 nitrogen and oxygen atoms in total. The van der Waals surface area contributed by atoms with Gasteiger partial charge in [-0.1, -0.05) is 189 Å². The van der Waals surface area contributed by atoms with E-state index < -0.39 is 0 Å². The third-order valence-electron chi connectivity index (χ3n) is 21.5. The van der Waals surface area contributed by atoms with Crippen LogP contribution in [-0.4, -0.2) is 126 Å². The molecule has 0 saturated carbocycles. The Labute approximate surface area is 744 Å². The second-order valence-electron chi connectivity index (χ2n) is 31.8. The Kier molecular flexibility index (Phi) is 23.2. The average molecular weight is 1720 g/mol. The van der Waals surface area contributed by atoms with Gasteiger partial charge in [-0.2, -0.15) is 39.9 Å². The second kappa shape index (κ2) is 35.9. The van der Waals surface area contributed by atoms with Crippen molar-refractivity contribution in [2.24, 2.45) is 0 Å². The number of benzene rings is 17. The zero-order valence-electron chi connectivity index (χ0n) is 71.4. The molecule has 0 atom stereocenters. The van der Waals surface area contributed by atoms with Crippen molar-refractivity contribution >= 4 is 97.0 Å². The van der Waals surface area contributed by atoms with Crippen LogP contribution >= 0.6 is 0 Å². The molecule has 8 N–H and O–H groups in total. The van der Waals surface area contributed by atoms with E-state index >= 15 is 0 Å². The van der Waals surface area contributed by atoms with E-state index in [0.717, 1.165) is 104 Å². The van der Waals surface area contributed by atoms with Gasteiger partial charge < -0.3 is 59.8 Å². The summed E-state index contributed by atoms with van der Waals surface area (Å²) in [6.07, 6.45) is 0.387. The normalized spacial score (nSPS) is 11.4. The number of fused-ring (bicyclic) bond motifs is 7. The maximum Gasteiger partial charge on any atom is 0.320 e. The van der Waals surface area contributed by atoms with Gasteiger partial charge in [0.25, 0.3) is 0 Å². The lowest BCUT2D eigenvalue weighted by molar-refractivity contribution is 0.221. The summed E-state index contributed by atoms with van der Waals surface area (Å²) >= 11 is 0. The predicted molar refractivity (Wildman–Crippen MR) is 508 cm³/mol. The van der Waals surface area contributed by atoms with Gasteiger partial charge in [-0.05, 0) is 230 Å². The van der Waals surface area contributed by atoms with Crippen molar-refractivity contribution in [2.45, 2.75) is 73.2 Å². The van der Waals surface area contributed by atoms with Crippen LogP contribution in [0.3, 0.4) is 0 Å².